The number of carbonyl (C=O) groups is 4. The Morgan fingerprint density at radius 3 is 1.18 bits per heavy atom. The number of rotatable bonds is 4. The van der Waals surface area contributed by atoms with Crippen LogP contribution in [0.4, 0.5) is 49.4 Å². The number of nitrogens with two attached hydrogens (primary N) is 2. The predicted molar refractivity (Wildman–Crippen MR) is 145 cm³/mol. The van der Waals surface area contributed by atoms with Gasteiger partial charge in [0.25, 0.3) is 23.6 Å². The molecule has 6 rings (SSSR count). The standard InChI is InChI=1S/C29H16F6N6O4/c30-28(31,32)27(29(33,34)35,13-1-5-17-19(9-13)25(44)40(23(17)42)15-3-7-21(36)38-11-15)14-2-6-18-20(10-14)26(45)41(24(18)43)16-4-8-22(37)39-12-16/h1-12H,(H2,36,38)(H2,37,39). The van der Waals surface area contributed by atoms with Crippen molar-refractivity contribution < 1.29 is 45.5 Å². The number of benzene rings is 2. The maximum absolute atomic E-state index is 15.0. The second kappa shape index (κ2) is 9.60. The van der Waals surface area contributed by atoms with Crippen molar-refractivity contribution in [3.05, 3.63) is 106 Å². The van der Waals surface area contributed by atoms with Crippen LogP contribution in [-0.4, -0.2) is 45.9 Å². The number of imide groups is 2. The molecule has 2 aliphatic heterocycles. The summed E-state index contributed by atoms with van der Waals surface area (Å²) >= 11 is 0. The SMILES string of the molecule is Nc1ccc(N2C(=O)c3ccc(C(c4ccc5c(c4)C(=O)N(c4ccc(N)nc4)C5=O)(C(F)(F)F)C(F)(F)F)cc3C2=O)cn1. The van der Waals surface area contributed by atoms with E-state index in [0.717, 1.165) is 12.4 Å². The van der Waals surface area contributed by atoms with Crippen LogP contribution in [0.1, 0.15) is 52.6 Å². The van der Waals surface area contributed by atoms with Crippen molar-refractivity contribution in [3.63, 3.8) is 0 Å². The van der Waals surface area contributed by atoms with Crippen LogP contribution < -0.4 is 21.3 Å². The van der Waals surface area contributed by atoms with Crippen LogP contribution >= 0.6 is 0 Å². The highest BCUT2D eigenvalue weighted by molar-refractivity contribution is 6.35. The summed E-state index contributed by atoms with van der Waals surface area (Å²) in [5, 5.41) is 0. The van der Waals surface area contributed by atoms with Gasteiger partial charge in [-0.05, 0) is 59.7 Å². The summed E-state index contributed by atoms with van der Waals surface area (Å²) in [6.07, 6.45) is -10.1. The van der Waals surface area contributed by atoms with Crippen LogP contribution in [0.2, 0.25) is 0 Å². The van der Waals surface area contributed by atoms with Gasteiger partial charge in [-0.1, -0.05) is 12.1 Å². The molecule has 4 amide bonds. The molecule has 0 spiro atoms. The Kier molecular flexibility index (Phi) is 6.25. The van der Waals surface area contributed by atoms with Gasteiger partial charge in [-0.2, -0.15) is 26.3 Å². The van der Waals surface area contributed by atoms with Crippen molar-refractivity contribution >= 4 is 46.6 Å². The molecule has 16 heteroatoms. The Bertz CT molecular complexity index is 1800. The molecule has 0 atom stereocenters. The highest BCUT2D eigenvalue weighted by Crippen LogP contribution is 2.57. The number of nitrogen functional groups attached to an aromatic ring is 2. The maximum Gasteiger partial charge on any atom is 0.411 e. The summed E-state index contributed by atoms with van der Waals surface area (Å²) in [5.74, 6) is -4.33. The molecule has 0 saturated heterocycles. The Hall–Kier alpha value is -5.80. The predicted octanol–water partition coefficient (Wildman–Crippen LogP) is 4.65. The molecular weight excluding hydrogens is 610 g/mol. The first-order chi connectivity index (χ1) is 21.1. The molecule has 0 radical (unpaired) electrons. The maximum atomic E-state index is 15.0. The van der Waals surface area contributed by atoms with Crippen molar-refractivity contribution in [1.82, 2.24) is 9.97 Å². The van der Waals surface area contributed by atoms with E-state index in [4.69, 9.17) is 11.5 Å². The summed E-state index contributed by atoms with van der Waals surface area (Å²) in [6.45, 7) is 0. The number of alkyl halides is 6. The van der Waals surface area contributed by atoms with Crippen molar-refractivity contribution in [2.24, 2.45) is 0 Å². The van der Waals surface area contributed by atoms with E-state index in [1.54, 1.807) is 0 Å². The number of pyridine rings is 2. The third kappa shape index (κ3) is 4.12. The fourth-order valence-electron chi connectivity index (χ4n) is 5.46. The number of aromatic nitrogens is 2. The largest absolute Gasteiger partial charge is 0.411 e. The van der Waals surface area contributed by atoms with E-state index in [9.17, 15) is 45.5 Å². The fraction of sp³-hybridized carbons (Fsp3) is 0.103. The molecule has 4 N–H and O–H groups in total. The highest BCUT2D eigenvalue weighted by Gasteiger charge is 2.73. The molecular formula is C29H16F6N6O4. The normalized spacial score (nSPS) is 15.2. The molecule has 2 aromatic carbocycles. The van der Waals surface area contributed by atoms with Gasteiger partial charge in [0.1, 0.15) is 11.6 Å². The van der Waals surface area contributed by atoms with Gasteiger partial charge in [-0.3, -0.25) is 19.2 Å². The van der Waals surface area contributed by atoms with E-state index in [-0.39, 0.29) is 23.0 Å². The molecule has 45 heavy (non-hydrogen) atoms. The Balaban J connectivity index is 1.51. The van der Waals surface area contributed by atoms with Gasteiger partial charge >= 0.3 is 12.4 Å². The smallest absolute Gasteiger partial charge is 0.384 e. The minimum atomic E-state index is -6.10. The number of carbonyl (C=O) groups excluding carboxylic acids is 4. The highest BCUT2D eigenvalue weighted by atomic mass is 19.4. The Morgan fingerprint density at radius 1 is 0.511 bits per heavy atom. The second-order valence-electron chi connectivity index (χ2n) is 10.0. The lowest BCUT2D eigenvalue weighted by Gasteiger charge is -2.38. The van der Waals surface area contributed by atoms with E-state index in [0.29, 0.717) is 46.2 Å². The van der Waals surface area contributed by atoms with Gasteiger partial charge in [0, 0.05) is 0 Å². The quantitative estimate of drug-likeness (QED) is 0.245. The van der Waals surface area contributed by atoms with Gasteiger partial charge in [0.15, 0.2) is 0 Å². The average molecular weight is 626 g/mol. The van der Waals surface area contributed by atoms with E-state index in [1.807, 2.05) is 0 Å². The number of fused-ring (bicyclic) bond motifs is 2. The molecule has 0 bridgehead atoms. The Morgan fingerprint density at radius 2 is 0.867 bits per heavy atom. The summed E-state index contributed by atoms with van der Waals surface area (Å²) < 4.78 is 89.8. The first kappa shape index (κ1) is 29.3. The van der Waals surface area contributed by atoms with E-state index in [2.05, 4.69) is 9.97 Å². The average Bonchev–Trinajstić information content (AvgIpc) is 3.36. The first-order valence-corrected chi connectivity index (χ1v) is 12.7. The minimum absolute atomic E-state index is 0.0283. The zero-order valence-electron chi connectivity index (χ0n) is 22.3. The molecule has 0 aliphatic carbocycles. The number of halogens is 6. The number of hydrogen-bond donors (Lipinski definition) is 2. The number of nitrogens with zero attached hydrogens (tertiary/aromatic N) is 4. The first-order valence-electron chi connectivity index (χ1n) is 12.7. The van der Waals surface area contributed by atoms with Crippen molar-refractivity contribution in [2.75, 3.05) is 21.3 Å². The number of hydrogen-bond acceptors (Lipinski definition) is 8. The van der Waals surface area contributed by atoms with Gasteiger partial charge in [-0.15, -0.1) is 0 Å². The van der Waals surface area contributed by atoms with Gasteiger partial charge in [0.2, 0.25) is 5.41 Å². The summed E-state index contributed by atoms with van der Waals surface area (Å²) in [6, 6.07) is 7.94. The lowest BCUT2D eigenvalue weighted by molar-refractivity contribution is -0.288. The monoisotopic (exact) mass is 626 g/mol. The minimum Gasteiger partial charge on any atom is -0.384 e. The van der Waals surface area contributed by atoms with E-state index >= 15 is 0 Å². The third-order valence-electron chi connectivity index (χ3n) is 7.55. The summed E-state index contributed by atoms with van der Waals surface area (Å²) in [7, 11) is 0. The van der Waals surface area contributed by atoms with Gasteiger partial charge < -0.3 is 11.5 Å². The third-order valence-corrected chi connectivity index (χ3v) is 7.55. The summed E-state index contributed by atoms with van der Waals surface area (Å²) in [5.41, 5.74) is 0.774. The molecule has 228 valence electrons. The molecule has 0 unspecified atom stereocenters. The van der Waals surface area contributed by atoms with Gasteiger partial charge in [-0.25, -0.2) is 19.8 Å². The van der Waals surface area contributed by atoms with Crippen LogP contribution in [0.3, 0.4) is 0 Å². The molecule has 10 nitrogen and oxygen atoms in total. The topological polar surface area (TPSA) is 153 Å². The molecule has 4 heterocycles. The van der Waals surface area contributed by atoms with E-state index in [1.165, 1.54) is 24.3 Å². The fourth-order valence-corrected chi connectivity index (χ4v) is 5.46. The van der Waals surface area contributed by atoms with Crippen molar-refractivity contribution in [1.29, 1.82) is 0 Å². The van der Waals surface area contributed by atoms with Crippen LogP contribution in [-0.2, 0) is 5.41 Å². The van der Waals surface area contributed by atoms with Crippen LogP contribution in [0.25, 0.3) is 0 Å². The van der Waals surface area contributed by atoms with Crippen LogP contribution in [0, 0.1) is 0 Å². The lowest BCUT2D eigenvalue weighted by Crippen LogP contribution is -2.55. The molecule has 0 saturated carbocycles. The Labute approximate surface area is 247 Å². The lowest BCUT2D eigenvalue weighted by atomic mass is 9.71. The number of amides is 4. The van der Waals surface area contributed by atoms with E-state index < -0.39 is 74.8 Å². The zero-order chi connectivity index (χ0) is 32.6. The number of anilines is 4. The van der Waals surface area contributed by atoms with Crippen LogP contribution in [0.15, 0.2) is 73.1 Å². The van der Waals surface area contributed by atoms with Crippen molar-refractivity contribution in [3.8, 4) is 0 Å². The molecule has 2 aliphatic rings. The van der Waals surface area contributed by atoms with Crippen molar-refractivity contribution in [2.45, 2.75) is 17.8 Å². The molecule has 0 fully saturated rings. The van der Waals surface area contributed by atoms with Crippen LogP contribution in [0.5, 0.6) is 0 Å². The molecule has 4 aromatic rings. The summed E-state index contributed by atoms with van der Waals surface area (Å²) in [4.78, 5) is 61.0. The van der Waals surface area contributed by atoms with Gasteiger partial charge in [0.05, 0.1) is 46.0 Å². The zero-order valence-corrected chi connectivity index (χ0v) is 22.3. The second-order valence-corrected chi connectivity index (χ2v) is 10.0. The molecule has 2 aromatic heterocycles.